The lowest BCUT2D eigenvalue weighted by Crippen LogP contribution is -2.07. The first-order valence-electron chi connectivity index (χ1n) is 60.2. The molecule has 0 bridgehead atoms. The van der Waals surface area contributed by atoms with Crippen molar-refractivity contribution in [2.75, 3.05) is 39.6 Å². The Morgan fingerprint density at radius 3 is 0.432 bits per heavy atom. The second-order valence-electron chi connectivity index (χ2n) is 41.3. The molecule has 0 fully saturated rings. The molecule has 0 aromatic heterocycles. The van der Waals surface area contributed by atoms with Crippen LogP contribution in [0.2, 0.25) is 0 Å². The first kappa shape index (κ1) is 127. The van der Waals surface area contributed by atoms with Crippen LogP contribution in [0.4, 0.5) is 0 Å². The van der Waals surface area contributed by atoms with Crippen LogP contribution in [0, 0.1) is 0 Å². The zero-order valence-corrected chi connectivity index (χ0v) is 90.8. The van der Waals surface area contributed by atoms with Crippen molar-refractivity contribution >= 4 is 11.6 Å². The first-order valence-corrected chi connectivity index (χ1v) is 60.7. The van der Waals surface area contributed by atoms with Crippen LogP contribution in [0.5, 0.6) is 34.5 Å². The third-order valence-corrected chi connectivity index (χ3v) is 28.5. The highest BCUT2D eigenvalue weighted by Gasteiger charge is 2.19. The number of unbranched alkanes of at least 4 members (excludes halogenated alkanes) is 90. The summed E-state index contributed by atoms with van der Waals surface area (Å²) in [5, 5.41) is 3.90. The van der Waals surface area contributed by atoms with Gasteiger partial charge in [0.2, 0.25) is 11.5 Å². The van der Waals surface area contributed by atoms with E-state index in [1.807, 2.05) is 12.1 Å². The van der Waals surface area contributed by atoms with Gasteiger partial charge < -0.3 is 28.4 Å². The largest absolute Gasteiger partial charge is 0.490 e. The maximum atomic E-state index is 9.14. The van der Waals surface area contributed by atoms with Gasteiger partial charge in [-0.15, -0.1) is 11.6 Å². The Balaban J connectivity index is 0.00000132. The summed E-state index contributed by atoms with van der Waals surface area (Å²) in [4.78, 5) is 3.05. The third kappa shape index (κ3) is 90.7. The van der Waals surface area contributed by atoms with Crippen LogP contribution in [0.15, 0.2) is 29.4 Å². The van der Waals surface area contributed by atoms with Crippen molar-refractivity contribution in [3.63, 3.8) is 0 Å². The molecule has 0 saturated carbocycles. The number of hydrogen-bond acceptors (Lipinski definition) is 7. The van der Waals surface area contributed by atoms with Gasteiger partial charge in [-0.05, 0) is 79.4 Å². The molecule has 776 valence electrons. The topological polar surface area (TPSA) is 104 Å². The average molecular weight is 1870 g/mol. The molecule has 0 amide bonds. The monoisotopic (exact) mass is 1870 g/mol. The summed E-state index contributed by atoms with van der Waals surface area (Å²) >= 11 is 6.44. The van der Waals surface area contributed by atoms with Crippen molar-refractivity contribution in [1.29, 1.82) is 0 Å². The van der Waals surface area contributed by atoms with Gasteiger partial charge in [-0.1, -0.05) is 625 Å². The fourth-order valence-corrected chi connectivity index (χ4v) is 19.4. The van der Waals surface area contributed by atoms with E-state index >= 15 is 0 Å². The molecule has 0 heterocycles. The summed E-state index contributed by atoms with van der Waals surface area (Å²) in [5.41, 5.74) is 11.1. The number of halogens is 1. The van der Waals surface area contributed by atoms with E-state index in [1.54, 1.807) is 0 Å². The van der Waals surface area contributed by atoms with Gasteiger partial charge in [-0.25, -0.2) is 0 Å². The Morgan fingerprint density at radius 1 is 0.182 bits per heavy atom. The predicted octanol–water partition coefficient (Wildman–Crippen LogP) is 44.8. The van der Waals surface area contributed by atoms with Crippen LogP contribution in [0.1, 0.15) is 669 Å². The zero-order valence-electron chi connectivity index (χ0n) is 90.0. The van der Waals surface area contributed by atoms with E-state index in [0.717, 1.165) is 97.4 Å². The number of rotatable bonds is 111. The lowest BCUT2D eigenvalue weighted by molar-refractivity contribution is 0.234. The molecule has 0 atom stereocenters. The van der Waals surface area contributed by atoms with Crippen LogP contribution in [0.3, 0.4) is 0 Å². The average Bonchev–Trinajstić information content (AvgIpc) is 0.830. The quantitative estimate of drug-likeness (QED) is 0.0215. The Morgan fingerprint density at radius 2 is 0.303 bits per heavy atom. The number of alkyl halides is 1. The highest BCUT2D eigenvalue weighted by Crippen LogP contribution is 2.42. The molecule has 2 aromatic rings. The van der Waals surface area contributed by atoms with E-state index in [4.69, 9.17) is 45.6 Å². The lowest BCUT2D eigenvalue weighted by Gasteiger charge is -2.19. The van der Waals surface area contributed by atoms with Gasteiger partial charge in [0.25, 0.3) is 0 Å². The van der Waals surface area contributed by atoms with E-state index in [-0.39, 0.29) is 6.54 Å². The van der Waals surface area contributed by atoms with Gasteiger partial charge >= 0.3 is 0 Å². The van der Waals surface area contributed by atoms with Gasteiger partial charge in [0, 0.05) is 10.8 Å². The molecule has 0 radical (unpaired) electrons. The number of benzene rings is 2. The molecule has 132 heavy (non-hydrogen) atoms. The molecule has 9 nitrogen and oxygen atoms in total. The fourth-order valence-electron chi connectivity index (χ4n) is 19.2. The van der Waals surface area contributed by atoms with Crippen molar-refractivity contribution in [2.45, 2.75) is 670 Å². The van der Waals surface area contributed by atoms with Crippen LogP contribution < -0.4 is 28.4 Å². The fraction of sp³-hybridized carbons (Fsp3) is 0.902. The van der Waals surface area contributed by atoms with E-state index in [0.29, 0.717) is 32.3 Å². The second kappa shape index (κ2) is 110. The van der Waals surface area contributed by atoms with Crippen molar-refractivity contribution in [3.8, 4) is 34.5 Å². The van der Waals surface area contributed by atoms with Crippen LogP contribution in [0.25, 0.3) is 10.4 Å². The Kier molecular flexibility index (Phi) is 106. The SMILES string of the molecule is CCCCCCCCCCCCCCCCCCOc1cc(CCl)cc(OCCCCCCCCCCCCCCCCCC)c1OCCCCCCCCCCCCCCCCCC.CCCCCCCCCCCCCCCCCCOc1cc(CN=[N+]=[N-])cc(OCCCCCCCCCCCCCCCCCC)c1OCCCCCCCCCCCCCCCCCC. The molecule has 2 aromatic carbocycles. The normalized spacial score (nSPS) is 11.4. The van der Waals surface area contributed by atoms with Gasteiger partial charge in [0.15, 0.2) is 23.0 Å². The summed E-state index contributed by atoms with van der Waals surface area (Å²) in [6.45, 7) is 18.2. The summed E-state index contributed by atoms with van der Waals surface area (Å²) < 4.78 is 39.1. The Bertz CT molecular complexity index is 2480. The van der Waals surface area contributed by atoms with E-state index < -0.39 is 0 Å². The Hall–Kier alpha value is -3.16. The van der Waals surface area contributed by atoms with Crippen LogP contribution in [-0.4, -0.2) is 39.6 Å². The van der Waals surface area contributed by atoms with E-state index in [2.05, 4.69) is 63.7 Å². The molecule has 0 aliphatic carbocycles. The molecule has 0 aliphatic rings. The van der Waals surface area contributed by atoms with Gasteiger partial charge in [0.05, 0.1) is 46.2 Å². The summed E-state index contributed by atoms with van der Waals surface area (Å²) in [7, 11) is 0. The highest BCUT2D eigenvalue weighted by molar-refractivity contribution is 6.17. The molecule has 2 rings (SSSR count). The summed E-state index contributed by atoms with van der Waals surface area (Å²) in [6.07, 6.45) is 131. The molecule has 0 aliphatic heterocycles. The van der Waals surface area contributed by atoms with Crippen molar-refractivity contribution in [2.24, 2.45) is 5.11 Å². The van der Waals surface area contributed by atoms with Gasteiger partial charge in [-0.2, -0.15) is 0 Å². The van der Waals surface area contributed by atoms with Gasteiger partial charge in [0.1, 0.15) is 0 Å². The molecule has 0 N–H and O–H groups in total. The molecule has 0 spiro atoms. The molecular weight excluding hydrogens is 1640 g/mol. The maximum Gasteiger partial charge on any atom is 0.203 e. The van der Waals surface area contributed by atoms with Gasteiger partial charge in [-0.3, -0.25) is 0 Å². The Labute approximate surface area is 830 Å². The summed E-state index contributed by atoms with van der Waals surface area (Å²) in [5.74, 6) is 5.11. The smallest absolute Gasteiger partial charge is 0.203 e. The first-order chi connectivity index (χ1) is 65.5. The van der Waals surface area contributed by atoms with Crippen LogP contribution >= 0.6 is 11.6 Å². The second-order valence-corrected chi connectivity index (χ2v) is 41.5. The number of nitrogens with zero attached hydrogens (tertiary/aromatic N) is 3. The predicted molar refractivity (Wildman–Crippen MR) is 586 cm³/mol. The minimum Gasteiger partial charge on any atom is -0.490 e. The number of azide groups is 1. The molecular formula is C122H230ClN3O6. The minimum absolute atomic E-state index is 0.278. The molecule has 10 heteroatoms. The standard InChI is InChI=1S/C61H115ClO3.C61H115N3O3/c1-4-7-10-13-16-19-22-25-28-31-34-37-40-43-46-49-52-63-59-55-58(57-62)56-60(64-53-50-47-44-41-38-35-32-29-26-23-20-17-14-11-8-5-2)61(59)65-54-51-48-45-42-39-36-33-30-27-24-21-18-15-12-9-6-3;1-4-7-10-13-16-19-22-25-28-31-34-37-40-43-46-49-52-65-59-55-58(57-63-64-62)56-60(66-53-50-47-44-41-38-35-32-29-26-23-20-17-14-11-8-5-2)61(59)67-54-51-48-45-42-39-36-33-30-27-24-21-18-15-12-9-6-3/h55-56H,4-54,57H2,1-3H3;55-56H,4-54,57H2,1-3H3. The van der Waals surface area contributed by atoms with Crippen molar-refractivity contribution < 1.29 is 28.4 Å². The summed E-state index contributed by atoms with van der Waals surface area (Å²) in [6, 6.07) is 8.24. The minimum atomic E-state index is 0.278. The molecule has 0 saturated heterocycles. The number of ether oxygens (including phenoxy) is 6. The number of hydrogen-bond donors (Lipinski definition) is 0. The zero-order chi connectivity index (χ0) is 94.6. The van der Waals surface area contributed by atoms with E-state index in [9.17, 15) is 0 Å². The maximum absolute atomic E-state index is 9.14. The lowest BCUT2D eigenvalue weighted by atomic mass is 10.0. The van der Waals surface area contributed by atoms with Crippen LogP contribution in [-0.2, 0) is 12.4 Å². The molecule has 0 unspecified atom stereocenters. The highest BCUT2D eigenvalue weighted by atomic mass is 35.5. The van der Waals surface area contributed by atoms with Crippen molar-refractivity contribution in [1.82, 2.24) is 0 Å². The van der Waals surface area contributed by atoms with E-state index in [1.165, 1.54) is 578 Å². The third-order valence-electron chi connectivity index (χ3n) is 28.1. The van der Waals surface area contributed by atoms with Crippen molar-refractivity contribution in [3.05, 3.63) is 45.8 Å².